The van der Waals surface area contributed by atoms with E-state index in [2.05, 4.69) is 52.9 Å². The fourth-order valence-corrected chi connectivity index (χ4v) is 7.24. The molecule has 0 radical (unpaired) electrons. The van der Waals surface area contributed by atoms with Gasteiger partial charge in [0.15, 0.2) is 14.6 Å². The molecule has 2 aliphatic rings. The average molecular weight is 597 g/mol. The quantitative estimate of drug-likeness (QED) is 0.0559. The summed E-state index contributed by atoms with van der Waals surface area (Å²) in [5, 5.41) is 10.6. The van der Waals surface area contributed by atoms with E-state index in [-0.39, 0.29) is 17.2 Å². The smallest absolute Gasteiger partial charge is 0.366 e. The summed E-state index contributed by atoms with van der Waals surface area (Å²) >= 11 is 0. The zero-order valence-electron chi connectivity index (χ0n) is 27.8. The summed E-state index contributed by atoms with van der Waals surface area (Å²) in [7, 11) is -2.41. The molecule has 2 rings (SSSR count). The maximum absolute atomic E-state index is 13.7. The number of carbonyl (C=O) groups is 1. The summed E-state index contributed by atoms with van der Waals surface area (Å²) in [6.45, 7) is 17.4. The Morgan fingerprint density at radius 2 is 1.73 bits per heavy atom. The predicted octanol–water partition coefficient (Wildman–Crippen LogP) is 9.06. The number of unbranched alkanes of at least 4 members (excludes halogenated alkanes) is 5. The Kier molecular flexibility index (Phi) is 15.6. The van der Waals surface area contributed by atoms with Gasteiger partial charge in [0.25, 0.3) is 5.79 Å². The second-order valence-corrected chi connectivity index (χ2v) is 19.1. The van der Waals surface area contributed by atoms with Crippen molar-refractivity contribution in [3.05, 3.63) is 12.2 Å². The van der Waals surface area contributed by atoms with Crippen molar-refractivity contribution in [3.63, 3.8) is 0 Å². The molecule has 1 heterocycles. The molecule has 1 aliphatic heterocycles. The van der Waals surface area contributed by atoms with E-state index in [0.717, 1.165) is 38.5 Å². The number of rotatable bonds is 18. The van der Waals surface area contributed by atoms with Crippen LogP contribution in [0, 0.1) is 11.8 Å². The largest absolute Gasteiger partial charge is 0.459 e. The highest BCUT2D eigenvalue weighted by atomic mass is 28.4. The molecule has 0 aromatic carbocycles. The molecule has 0 amide bonds. The molecule has 1 N–H and O–H groups in total. The molecule has 0 aromatic heterocycles. The van der Waals surface area contributed by atoms with Crippen LogP contribution >= 0.6 is 0 Å². The van der Waals surface area contributed by atoms with Crippen LogP contribution in [0.5, 0.6) is 0 Å². The monoisotopic (exact) mass is 596 g/mol. The van der Waals surface area contributed by atoms with Crippen molar-refractivity contribution in [1.29, 1.82) is 0 Å². The fraction of sp³-hybridized carbons (Fsp3) is 0.912. The van der Waals surface area contributed by atoms with Gasteiger partial charge in [0.05, 0.1) is 12.2 Å². The molecule has 240 valence electrons. The molecule has 5 atom stereocenters. The van der Waals surface area contributed by atoms with Crippen LogP contribution in [0.3, 0.4) is 0 Å². The first-order chi connectivity index (χ1) is 19.3. The molecule has 2 unspecified atom stereocenters. The molecular weight excluding hydrogens is 532 g/mol. The third-order valence-electron chi connectivity index (χ3n) is 9.42. The summed E-state index contributed by atoms with van der Waals surface area (Å²) in [5.41, 5.74) is 0. The number of hydrogen-bond donors (Lipinski definition) is 1. The van der Waals surface area contributed by atoms with Crippen LogP contribution < -0.4 is 0 Å². The maximum Gasteiger partial charge on any atom is 0.366 e. The van der Waals surface area contributed by atoms with Gasteiger partial charge in [0.2, 0.25) is 0 Å². The zero-order chi connectivity index (χ0) is 30.5. The van der Waals surface area contributed by atoms with Gasteiger partial charge in [-0.3, -0.25) is 0 Å². The van der Waals surface area contributed by atoms with Crippen molar-refractivity contribution in [2.75, 3.05) is 6.61 Å². The van der Waals surface area contributed by atoms with Gasteiger partial charge in [-0.25, -0.2) is 4.79 Å². The lowest BCUT2D eigenvalue weighted by Crippen LogP contribution is -2.57. The first-order valence-electron chi connectivity index (χ1n) is 16.8. The van der Waals surface area contributed by atoms with Crippen LogP contribution in [0.2, 0.25) is 18.1 Å². The van der Waals surface area contributed by atoms with Crippen LogP contribution in [-0.2, 0) is 23.4 Å². The number of allylic oxidation sites excluding steroid dienone is 2. The minimum absolute atomic E-state index is 0.105. The molecular formula is C34H64O6Si. The van der Waals surface area contributed by atoms with Gasteiger partial charge in [0, 0.05) is 13.0 Å². The van der Waals surface area contributed by atoms with E-state index in [1.54, 1.807) is 0 Å². The van der Waals surface area contributed by atoms with Crippen LogP contribution in [0.15, 0.2) is 12.2 Å². The van der Waals surface area contributed by atoms with Crippen molar-refractivity contribution in [3.8, 4) is 0 Å². The molecule has 0 aromatic rings. The van der Waals surface area contributed by atoms with Gasteiger partial charge in [-0.05, 0) is 88.8 Å². The summed E-state index contributed by atoms with van der Waals surface area (Å²) in [5.74, 6) is -1.03. The third kappa shape index (κ3) is 12.1. The molecule has 41 heavy (non-hydrogen) atoms. The van der Waals surface area contributed by atoms with Crippen LogP contribution in [-0.4, -0.2) is 50.3 Å². The molecule has 1 saturated heterocycles. The van der Waals surface area contributed by atoms with Gasteiger partial charge in [-0.1, -0.05) is 84.8 Å². The molecule has 1 aliphatic carbocycles. The lowest BCUT2D eigenvalue weighted by Gasteiger charge is -2.45. The van der Waals surface area contributed by atoms with E-state index in [0.29, 0.717) is 31.3 Å². The normalized spacial score (nSPS) is 25.6. The van der Waals surface area contributed by atoms with Gasteiger partial charge in [-0.15, -0.1) is 0 Å². The predicted molar refractivity (Wildman–Crippen MR) is 170 cm³/mol. The molecule has 2 fully saturated rings. The average Bonchev–Trinajstić information content (AvgIpc) is 3.24. The first-order valence-corrected chi connectivity index (χ1v) is 19.8. The highest BCUT2D eigenvalue weighted by molar-refractivity contribution is 6.74. The van der Waals surface area contributed by atoms with Gasteiger partial charge in [0.1, 0.15) is 0 Å². The Labute approximate surface area is 253 Å². The molecule has 7 heteroatoms. The molecule has 6 nitrogen and oxygen atoms in total. The maximum atomic E-state index is 13.7. The number of carbonyl (C=O) groups excluding carboxylic acids is 1. The Balaban J connectivity index is 2.10. The minimum Gasteiger partial charge on any atom is -0.459 e. The van der Waals surface area contributed by atoms with Gasteiger partial charge >= 0.3 is 5.97 Å². The van der Waals surface area contributed by atoms with Gasteiger partial charge < -0.3 is 23.7 Å². The summed E-state index contributed by atoms with van der Waals surface area (Å²) in [6, 6.07) is 0. The standard InChI is InChI=1S/C34H64O6Si/c1-9-10-11-12-13-15-20-28-23-24-30(35)29(28)21-16-14-18-25-34(32(36)38-27(2)3,39-31-22-17-19-26-37-31)40-41(7,8)33(4,5)6/h14,16,27-31,35H,9-13,15,17-26H2,1-8H3/t28-,29+,30-,31?,34?/m0/s1. The number of hydrogen-bond acceptors (Lipinski definition) is 6. The van der Waals surface area contributed by atoms with E-state index >= 15 is 0 Å². The van der Waals surface area contributed by atoms with E-state index in [4.69, 9.17) is 18.6 Å². The van der Waals surface area contributed by atoms with Crippen molar-refractivity contribution in [1.82, 2.24) is 0 Å². The fourth-order valence-electron chi connectivity index (χ4n) is 5.88. The second-order valence-electron chi connectivity index (χ2n) is 14.4. The van der Waals surface area contributed by atoms with Gasteiger partial charge in [-0.2, -0.15) is 0 Å². The van der Waals surface area contributed by atoms with Crippen molar-refractivity contribution in [2.24, 2.45) is 11.8 Å². The molecule has 0 bridgehead atoms. The van der Waals surface area contributed by atoms with E-state index < -0.39 is 26.4 Å². The summed E-state index contributed by atoms with van der Waals surface area (Å²) < 4.78 is 25.0. The van der Waals surface area contributed by atoms with Crippen molar-refractivity contribution in [2.45, 2.75) is 180 Å². The van der Waals surface area contributed by atoms with Crippen molar-refractivity contribution < 1.29 is 28.5 Å². The summed E-state index contributed by atoms with van der Waals surface area (Å²) in [6.07, 6.45) is 19.2. The molecule has 1 saturated carbocycles. The van der Waals surface area contributed by atoms with Crippen LogP contribution in [0.4, 0.5) is 0 Å². The number of aliphatic hydroxyl groups is 1. The Hall–Kier alpha value is -0.733. The highest BCUT2D eigenvalue weighted by Gasteiger charge is 2.52. The number of ether oxygens (including phenoxy) is 3. The third-order valence-corrected chi connectivity index (χ3v) is 13.9. The molecule has 0 spiro atoms. The Morgan fingerprint density at radius 3 is 2.37 bits per heavy atom. The second kappa shape index (κ2) is 17.5. The van der Waals surface area contributed by atoms with E-state index in [1.807, 2.05) is 13.8 Å². The van der Waals surface area contributed by atoms with Crippen LogP contribution in [0.1, 0.15) is 138 Å². The van der Waals surface area contributed by atoms with Crippen LogP contribution in [0.25, 0.3) is 0 Å². The lowest BCUT2D eigenvalue weighted by atomic mass is 9.87. The minimum atomic E-state index is -2.41. The van der Waals surface area contributed by atoms with E-state index in [9.17, 15) is 9.90 Å². The summed E-state index contributed by atoms with van der Waals surface area (Å²) in [4.78, 5) is 13.7. The topological polar surface area (TPSA) is 74.2 Å². The Bertz CT molecular complexity index is 770. The Morgan fingerprint density at radius 1 is 1.02 bits per heavy atom. The first kappa shape index (κ1) is 36.5. The number of esters is 1. The van der Waals surface area contributed by atoms with E-state index in [1.165, 1.54) is 44.9 Å². The number of aliphatic hydroxyl groups excluding tert-OH is 1. The van der Waals surface area contributed by atoms with Crippen molar-refractivity contribution >= 4 is 14.3 Å². The lowest BCUT2D eigenvalue weighted by molar-refractivity contribution is -0.292. The SMILES string of the molecule is CCCCCCCC[C@H]1CC[C@H](O)[C@@H]1CC=CCCC(OC1CCCCO1)(O[Si](C)(C)C(C)(C)C)C(=O)OC(C)C. The highest BCUT2D eigenvalue weighted by Crippen LogP contribution is 2.42. The zero-order valence-corrected chi connectivity index (χ0v) is 28.8.